The van der Waals surface area contributed by atoms with Crippen molar-refractivity contribution >= 4 is 29.1 Å². The zero-order valence-corrected chi connectivity index (χ0v) is 15.0. The first-order valence-electron chi connectivity index (χ1n) is 7.77. The maximum atomic E-state index is 12.8. The monoisotopic (exact) mass is 364 g/mol. The lowest BCUT2D eigenvalue weighted by molar-refractivity contribution is 0.0667. The van der Waals surface area contributed by atoms with Gasteiger partial charge in [0.25, 0.3) is 5.91 Å². The molecule has 3 rings (SSSR count). The van der Waals surface area contributed by atoms with Gasteiger partial charge in [-0.15, -0.1) is 0 Å². The first kappa shape index (κ1) is 17.1. The van der Waals surface area contributed by atoms with Crippen molar-refractivity contribution in [1.29, 1.82) is 0 Å². The van der Waals surface area contributed by atoms with Crippen molar-refractivity contribution in [3.05, 3.63) is 46.3 Å². The minimum Gasteiger partial charge on any atom is -0.334 e. The number of hydrogen-bond donors (Lipinski definition) is 1. The van der Waals surface area contributed by atoms with Crippen molar-refractivity contribution in [3.63, 3.8) is 0 Å². The molecule has 2 aromatic rings. The second kappa shape index (κ2) is 7.05. The molecule has 1 saturated heterocycles. The Kier molecular flexibility index (Phi) is 5.04. The van der Waals surface area contributed by atoms with E-state index in [0.717, 1.165) is 5.56 Å². The summed E-state index contributed by atoms with van der Waals surface area (Å²) in [7, 11) is 0. The number of piperazine rings is 1. The quantitative estimate of drug-likeness (QED) is 0.888. The van der Waals surface area contributed by atoms with Crippen molar-refractivity contribution in [2.24, 2.45) is 0 Å². The summed E-state index contributed by atoms with van der Waals surface area (Å²) in [6.45, 7) is 5.46. The molecule has 1 fully saturated rings. The van der Waals surface area contributed by atoms with Crippen LogP contribution in [0.4, 0.5) is 0 Å². The lowest BCUT2D eigenvalue weighted by Crippen LogP contribution is -2.55. The van der Waals surface area contributed by atoms with E-state index in [1.807, 2.05) is 11.0 Å². The molecule has 1 N–H and O–H groups in total. The van der Waals surface area contributed by atoms with E-state index in [4.69, 9.17) is 23.2 Å². The third kappa shape index (κ3) is 3.69. The van der Waals surface area contributed by atoms with Crippen LogP contribution in [0, 0.1) is 0 Å². The van der Waals surface area contributed by atoms with Gasteiger partial charge in [0.1, 0.15) is 12.0 Å². The SMILES string of the molecule is CC1CN(C(=O)c2cc(-c3ccc(Cl)c(Cl)c3)ncn2)CC(C)N1. The first-order chi connectivity index (χ1) is 11.4. The largest absolute Gasteiger partial charge is 0.334 e. The average Bonchev–Trinajstić information content (AvgIpc) is 2.56. The Labute approximate surface area is 151 Å². The predicted octanol–water partition coefficient (Wildman–Crippen LogP) is 3.27. The van der Waals surface area contributed by atoms with E-state index in [-0.39, 0.29) is 18.0 Å². The van der Waals surface area contributed by atoms with Crippen LogP contribution in [0.15, 0.2) is 30.6 Å². The molecule has 7 heteroatoms. The fourth-order valence-electron chi connectivity index (χ4n) is 2.94. The zero-order chi connectivity index (χ0) is 17.3. The summed E-state index contributed by atoms with van der Waals surface area (Å²) in [4.78, 5) is 23.0. The third-order valence-electron chi connectivity index (χ3n) is 3.95. The van der Waals surface area contributed by atoms with Crippen molar-refractivity contribution in [2.45, 2.75) is 25.9 Å². The fraction of sp³-hybridized carbons (Fsp3) is 0.353. The molecule has 1 amide bonds. The predicted molar refractivity (Wildman–Crippen MR) is 95.5 cm³/mol. The summed E-state index contributed by atoms with van der Waals surface area (Å²) in [6.07, 6.45) is 1.40. The second-order valence-corrected chi connectivity index (χ2v) is 6.91. The van der Waals surface area contributed by atoms with Gasteiger partial charge in [-0.3, -0.25) is 4.79 Å². The van der Waals surface area contributed by atoms with Crippen LogP contribution in [0.2, 0.25) is 10.0 Å². The number of hydrogen-bond acceptors (Lipinski definition) is 4. The number of nitrogens with zero attached hydrogens (tertiary/aromatic N) is 3. The van der Waals surface area contributed by atoms with Gasteiger partial charge in [-0.2, -0.15) is 0 Å². The molecule has 1 aromatic heterocycles. The number of aromatic nitrogens is 2. The van der Waals surface area contributed by atoms with Gasteiger partial charge >= 0.3 is 0 Å². The van der Waals surface area contributed by atoms with Crippen molar-refractivity contribution in [3.8, 4) is 11.3 Å². The zero-order valence-electron chi connectivity index (χ0n) is 13.5. The van der Waals surface area contributed by atoms with Crippen LogP contribution < -0.4 is 5.32 Å². The molecule has 0 bridgehead atoms. The molecule has 1 aliphatic heterocycles. The van der Waals surface area contributed by atoms with E-state index in [1.54, 1.807) is 18.2 Å². The van der Waals surface area contributed by atoms with Crippen LogP contribution in [0.25, 0.3) is 11.3 Å². The normalized spacial score (nSPS) is 20.9. The molecule has 1 aliphatic rings. The van der Waals surface area contributed by atoms with Crippen LogP contribution in [-0.2, 0) is 0 Å². The maximum absolute atomic E-state index is 12.8. The number of halogens is 2. The highest BCUT2D eigenvalue weighted by molar-refractivity contribution is 6.42. The summed E-state index contributed by atoms with van der Waals surface area (Å²) in [6, 6.07) is 7.47. The number of rotatable bonds is 2. The van der Waals surface area contributed by atoms with E-state index in [0.29, 0.717) is 34.5 Å². The van der Waals surface area contributed by atoms with Crippen molar-refractivity contribution < 1.29 is 4.79 Å². The van der Waals surface area contributed by atoms with Crippen LogP contribution in [0.3, 0.4) is 0 Å². The Morgan fingerprint density at radius 2 is 1.83 bits per heavy atom. The molecule has 1 aromatic carbocycles. The summed E-state index contributed by atoms with van der Waals surface area (Å²) < 4.78 is 0. The van der Waals surface area contributed by atoms with Crippen molar-refractivity contribution in [1.82, 2.24) is 20.2 Å². The molecule has 0 radical (unpaired) electrons. The highest BCUT2D eigenvalue weighted by Crippen LogP contribution is 2.27. The number of carbonyl (C=O) groups excluding carboxylic acids is 1. The van der Waals surface area contributed by atoms with Crippen LogP contribution in [0.5, 0.6) is 0 Å². The first-order valence-corrected chi connectivity index (χ1v) is 8.52. The van der Waals surface area contributed by atoms with Gasteiger partial charge in [-0.05, 0) is 32.0 Å². The summed E-state index contributed by atoms with van der Waals surface area (Å²) in [5, 5.41) is 4.34. The Morgan fingerprint density at radius 3 is 2.50 bits per heavy atom. The van der Waals surface area contributed by atoms with Crippen LogP contribution >= 0.6 is 23.2 Å². The van der Waals surface area contributed by atoms with Gasteiger partial charge in [-0.25, -0.2) is 9.97 Å². The topological polar surface area (TPSA) is 58.1 Å². The van der Waals surface area contributed by atoms with E-state index in [9.17, 15) is 4.79 Å². The Balaban J connectivity index is 1.87. The molecule has 0 saturated carbocycles. The maximum Gasteiger partial charge on any atom is 0.272 e. The number of amides is 1. The van der Waals surface area contributed by atoms with E-state index >= 15 is 0 Å². The van der Waals surface area contributed by atoms with E-state index in [2.05, 4.69) is 29.1 Å². The Bertz CT molecular complexity index is 758. The molecule has 24 heavy (non-hydrogen) atoms. The summed E-state index contributed by atoms with van der Waals surface area (Å²) in [5.74, 6) is -0.0843. The molecule has 2 atom stereocenters. The Morgan fingerprint density at radius 1 is 1.12 bits per heavy atom. The molecular weight excluding hydrogens is 347 g/mol. The molecule has 126 valence electrons. The highest BCUT2D eigenvalue weighted by Gasteiger charge is 2.26. The Hall–Kier alpha value is -1.69. The smallest absolute Gasteiger partial charge is 0.272 e. The molecule has 0 spiro atoms. The molecular formula is C17H18Cl2N4O. The fourth-order valence-corrected chi connectivity index (χ4v) is 3.24. The summed E-state index contributed by atoms with van der Waals surface area (Å²) in [5.41, 5.74) is 1.82. The number of carbonyl (C=O) groups is 1. The van der Waals surface area contributed by atoms with Gasteiger partial charge < -0.3 is 10.2 Å². The molecule has 5 nitrogen and oxygen atoms in total. The lowest BCUT2D eigenvalue weighted by Gasteiger charge is -2.35. The lowest BCUT2D eigenvalue weighted by atomic mass is 10.1. The standard InChI is InChI=1S/C17H18Cl2N4O/c1-10-7-23(8-11(2)22-10)17(24)16-6-15(20-9-21-16)12-3-4-13(18)14(19)5-12/h3-6,9-11,22H,7-8H2,1-2H3. The van der Waals surface area contributed by atoms with Crippen LogP contribution in [0.1, 0.15) is 24.3 Å². The minimum atomic E-state index is -0.0843. The average molecular weight is 365 g/mol. The van der Waals surface area contributed by atoms with Crippen LogP contribution in [-0.4, -0.2) is 45.9 Å². The molecule has 2 unspecified atom stereocenters. The minimum absolute atomic E-state index is 0.0843. The van der Waals surface area contributed by atoms with E-state index < -0.39 is 0 Å². The number of benzene rings is 1. The number of nitrogens with one attached hydrogen (secondary N) is 1. The van der Waals surface area contributed by atoms with Gasteiger partial charge in [-0.1, -0.05) is 29.3 Å². The van der Waals surface area contributed by atoms with Gasteiger partial charge in [0, 0.05) is 30.7 Å². The summed E-state index contributed by atoms with van der Waals surface area (Å²) >= 11 is 12.0. The van der Waals surface area contributed by atoms with Gasteiger partial charge in [0.15, 0.2) is 0 Å². The van der Waals surface area contributed by atoms with Crippen molar-refractivity contribution in [2.75, 3.05) is 13.1 Å². The van der Waals surface area contributed by atoms with Gasteiger partial charge in [0.2, 0.25) is 0 Å². The highest BCUT2D eigenvalue weighted by atomic mass is 35.5. The van der Waals surface area contributed by atoms with E-state index in [1.165, 1.54) is 6.33 Å². The van der Waals surface area contributed by atoms with Gasteiger partial charge in [0.05, 0.1) is 15.7 Å². The molecule has 0 aliphatic carbocycles. The third-order valence-corrected chi connectivity index (χ3v) is 4.69. The second-order valence-electron chi connectivity index (χ2n) is 6.10. The molecule has 2 heterocycles.